The molecule has 2 rings (SSSR count). The van der Waals surface area contributed by atoms with Crippen LogP contribution in [0.2, 0.25) is 18.1 Å². The van der Waals surface area contributed by atoms with Gasteiger partial charge in [-0.3, -0.25) is 4.98 Å². The normalized spacial score (nSPS) is 12.8. The van der Waals surface area contributed by atoms with E-state index in [0.717, 1.165) is 12.0 Å². The molecule has 0 atom stereocenters. The zero-order chi connectivity index (χ0) is 30.7. The molecule has 0 saturated heterocycles. The number of pyridine rings is 1. The fourth-order valence-corrected chi connectivity index (χ4v) is 4.45. The summed E-state index contributed by atoms with van der Waals surface area (Å²) in [5, 5.41) is 0.121. The second kappa shape index (κ2) is 12.3. The molecule has 11 heteroatoms. The van der Waals surface area contributed by atoms with Crippen LogP contribution in [0.5, 0.6) is 0 Å². The van der Waals surface area contributed by atoms with E-state index in [4.69, 9.17) is 23.1 Å². The molecule has 2 aromatic rings. The second-order valence-electron chi connectivity index (χ2n) is 13.2. The molecule has 2 amide bonds. The first-order valence-electron chi connectivity index (χ1n) is 13.7. The number of aryl methyl sites for hydroxylation is 1. The number of amides is 2. The van der Waals surface area contributed by atoms with Crippen LogP contribution in [0.4, 0.5) is 15.5 Å². The zero-order valence-electron chi connectivity index (χ0n) is 26.1. The third-order valence-electron chi connectivity index (χ3n) is 6.28. The maximum atomic E-state index is 13.2. The van der Waals surface area contributed by atoms with Gasteiger partial charge in [-0.15, -0.1) is 4.90 Å². The molecule has 0 N–H and O–H groups in total. The number of fused-ring (bicyclic) bond motifs is 1. The van der Waals surface area contributed by atoms with E-state index in [0.29, 0.717) is 17.9 Å². The Bertz CT molecular complexity index is 1190. The maximum Gasteiger partial charge on any atom is 0.427 e. The molecule has 0 aliphatic heterocycles. The highest BCUT2D eigenvalue weighted by Crippen LogP contribution is 2.37. The third-order valence-corrected chi connectivity index (χ3v) is 10.8. The SMILES string of the molecule is CCOC(=O)c1c(N(C(=O)OC(C)(C)C)C(=O)OC(C)(C)C)oc2cc(CCCO[Si](C)(C)C(C)(C)C)cnc12. The summed E-state index contributed by atoms with van der Waals surface area (Å²) in [4.78, 5) is 44.6. The quantitative estimate of drug-likeness (QED) is 0.135. The molecular formula is C29H46N2O8Si. The highest BCUT2D eigenvalue weighted by atomic mass is 28.4. The van der Waals surface area contributed by atoms with Gasteiger partial charge in [-0.2, -0.15) is 0 Å². The van der Waals surface area contributed by atoms with Crippen molar-refractivity contribution >= 4 is 43.5 Å². The molecular weight excluding hydrogens is 532 g/mol. The Morgan fingerprint density at radius 2 is 1.50 bits per heavy atom. The second-order valence-corrected chi connectivity index (χ2v) is 18.0. The summed E-state index contributed by atoms with van der Waals surface area (Å²) in [6, 6.07) is 1.74. The van der Waals surface area contributed by atoms with Crippen molar-refractivity contribution in [2.75, 3.05) is 18.1 Å². The van der Waals surface area contributed by atoms with E-state index in [1.54, 1.807) is 60.7 Å². The Morgan fingerprint density at radius 3 is 1.98 bits per heavy atom. The van der Waals surface area contributed by atoms with Crippen molar-refractivity contribution < 1.29 is 37.4 Å². The van der Waals surface area contributed by atoms with Crippen LogP contribution in [0.3, 0.4) is 0 Å². The predicted octanol–water partition coefficient (Wildman–Crippen LogP) is 7.64. The van der Waals surface area contributed by atoms with E-state index >= 15 is 0 Å². The van der Waals surface area contributed by atoms with E-state index in [-0.39, 0.29) is 34.2 Å². The van der Waals surface area contributed by atoms with Gasteiger partial charge in [0.05, 0.1) is 6.61 Å². The lowest BCUT2D eigenvalue weighted by molar-refractivity contribution is 0.0422. The number of anilines is 1. The van der Waals surface area contributed by atoms with E-state index in [1.165, 1.54) is 0 Å². The van der Waals surface area contributed by atoms with Crippen molar-refractivity contribution in [3.8, 4) is 0 Å². The van der Waals surface area contributed by atoms with E-state index < -0.39 is 37.7 Å². The van der Waals surface area contributed by atoms with Crippen LogP contribution >= 0.6 is 0 Å². The Morgan fingerprint density at radius 1 is 0.950 bits per heavy atom. The van der Waals surface area contributed by atoms with Gasteiger partial charge in [0.25, 0.3) is 0 Å². The van der Waals surface area contributed by atoms with Crippen molar-refractivity contribution in [1.82, 2.24) is 4.98 Å². The smallest absolute Gasteiger partial charge is 0.427 e. The standard InChI is InChI=1S/C29H46N2O8Si/c1-13-35-24(32)21-22-20(17-19(18-30-22)15-14-16-36-40(11,12)29(8,9)10)37-23(21)31(25(33)38-27(2,3)4)26(34)39-28(5,6)7/h17-18H,13-16H2,1-12H3. The van der Waals surface area contributed by atoms with Crippen LogP contribution in [0.25, 0.3) is 11.1 Å². The minimum atomic E-state index is -1.86. The highest BCUT2D eigenvalue weighted by molar-refractivity contribution is 6.74. The number of hydrogen-bond donors (Lipinski definition) is 0. The summed E-state index contributed by atoms with van der Waals surface area (Å²) in [5.74, 6) is -1.17. The number of hydrogen-bond acceptors (Lipinski definition) is 9. The number of imide groups is 1. The molecule has 0 aromatic carbocycles. The molecule has 0 unspecified atom stereocenters. The van der Waals surface area contributed by atoms with E-state index in [1.807, 2.05) is 0 Å². The number of aromatic nitrogens is 1. The lowest BCUT2D eigenvalue weighted by Crippen LogP contribution is -2.44. The summed E-state index contributed by atoms with van der Waals surface area (Å²) < 4.78 is 28.4. The zero-order valence-corrected chi connectivity index (χ0v) is 27.1. The van der Waals surface area contributed by atoms with E-state index in [2.05, 4.69) is 38.8 Å². The van der Waals surface area contributed by atoms with Crippen molar-refractivity contribution in [3.63, 3.8) is 0 Å². The van der Waals surface area contributed by atoms with Gasteiger partial charge in [-0.1, -0.05) is 20.8 Å². The summed E-state index contributed by atoms with van der Waals surface area (Å²) in [6.45, 7) is 23.3. The van der Waals surface area contributed by atoms with E-state index in [9.17, 15) is 14.4 Å². The van der Waals surface area contributed by atoms with Gasteiger partial charge in [0.2, 0.25) is 5.88 Å². The first-order valence-corrected chi connectivity index (χ1v) is 16.6. The van der Waals surface area contributed by atoms with Crippen LogP contribution in [0.1, 0.15) is 91.6 Å². The molecule has 0 aliphatic rings. The number of nitrogens with zero attached hydrogens (tertiary/aromatic N) is 2. The first-order chi connectivity index (χ1) is 18.2. The van der Waals surface area contributed by atoms with Crippen LogP contribution in [-0.4, -0.2) is 55.9 Å². The molecule has 0 saturated carbocycles. The molecule has 2 aromatic heterocycles. The molecule has 0 bridgehead atoms. The molecule has 0 radical (unpaired) electrons. The van der Waals surface area contributed by atoms with Gasteiger partial charge < -0.3 is 23.1 Å². The lowest BCUT2D eigenvalue weighted by Gasteiger charge is -2.36. The molecule has 0 fully saturated rings. The van der Waals surface area contributed by atoms with Crippen molar-refractivity contribution in [2.24, 2.45) is 0 Å². The lowest BCUT2D eigenvalue weighted by atomic mass is 10.1. The number of rotatable bonds is 8. The number of ether oxygens (including phenoxy) is 3. The van der Waals surface area contributed by atoms with Crippen molar-refractivity contribution in [1.29, 1.82) is 0 Å². The minimum Gasteiger partial charge on any atom is -0.462 e. The summed E-state index contributed by atoms with van der Waals surface area (Å²) in [6.07, 6.45) is 0.940. The Labute approximate surface area is 238 Å². The van der Waals surface area contributed by atoms with Gasteiger partial charge in [0.15, 0.2) is 19.5 Å². The molecule has 10 nitrogen and oxygen atoms in total. The third kappa shape index (κ3) is 8.79. The average Bonchev–Trinajstić information content (AvgIpc) is 3.11. The van der Waals surface area contributed by atoms with Gasteiger partial charge in [-0.25, -0.2) is 14.4 Å². The number of carbonyl (C=O) groups excluding carboxylic acids is 3. The van der Waals surface area contributed by atoms with Crippen LogP contribution in [0, 0.1) is 0 Å². The molecule has 0 aliphatic carbocycles. The van der Waals surface area contributed by atoms with Crippen molar-refractivity contribution in [2.45, 2.75) is 111 Å². The fourth-order valence-electron chi connectivity index (χ4n) is 3.36. The largest absolute Gasteiger partial charge is 0.462 e. The Balaban J connectivity index is 2.51. The van der Waals surface area contributed by atoms with Gasteiger partial charge in [-0.05, 0) is 91.1 Å². The number of esters is 1. The maximum absolute atomic E-state index is 13.2. The fraction of sp³-hybridized carbons (Fsp3) is 0.655. The molecule has 224 valence electrons. The Kier molecular flexibility index (Phi) is 10.2. The number of furan rings is 1. The van der Waals surface area contributed by atoms with Gasteiger partial charge in [0, 0.05) is 12.8 Å². The van der Waals surface area contributed by atoms with Crippen LogP contribution < -0.4 is 4.90 Å². The van der Waals surface area contributed by atoms with Crippen molar-refractivity contribution in [3.05, 3.63) is 23.4 Å². The average molecular weight is 579 g/mol. The summed E-state index contributed by atoms with van der Waals surface area (Å²) >= 11 is 0. The summed E-state index contributed by atoms with van der Waals surface area (Å²) in [5.41, 5.74) is -0.814. The minimum absolute atomic E-state index is 0.0656. The molecule has 0 spiro atoms. The topological polar surface area (TPSA) is 117 Å². The number of carbonyl (C=O) groups is 3. The first kappa shape index (κ1) is 33.3. The van der Waals surface area contributed by atoms with Gasteiger partial charge in [0.1, 0.15) is 16.7 Å². The highest BCUT2D eigenvalue weighted by Gasteiger charge is 2.40. The molecule has 2 heterocycles. The molecule has 40 heavy (non-hydrogen) atoms. The monoisotopic (exact) mass is 578 g/mol. The van der Waals surface area contributed by atoms with Crippen LogP contribution in [0.15, 0.2) is 16.7 Å². The predicted molar refractivity (Wildman–Crippen MR) is 156 cm³/mol. The van der Waals surface area contributed by atoms with Crippen LogP contribution in [-0.2, 0) is 25.1 Å². The Hall–Kier alpha value is -2.92. The van der Waals surface area contributed by atoms with Gasteiger partial charge >= 0.3 is 18.2 Å². The summed E-state index contributed by atoms with van der Waals surface area (Å²) in [7, 11) is -1.86.